The highest BCUT2D eigenvalue weighted by Gasteiger charge is 2.71. The summed E-state index contributed by atoms with van der Waals surface area (Å²) in [5.41, 5.74) is 0.400. The van der Waals surface area contributed by atoms with Crippen molar-refractivity contribution in [3.05, 3.63) is 52.6 Å². The maximum absolute atomic E-state index is 15.1. The van der Waals surface area contributed by atoms with Crippen LogP contribution in [0.4, 0.5) is 22.0 Å². The Bertz CT molecular complexity index is 1210. The molecule has 0 radical (unpaired) electrons. The number of ether oxygens (including phenoxy) is 1. The third kappa shape index (κ3) is 4.10. The van der Waals surface area contributed by atoms with E-state index in [0.717, 1.165) is 22.3 Å². The lowest BCUT2D eigenvalue weighted by Gasteiger charge is -2.55. The number of allylic oxidation sites excluding steroid dienone is 4. The van der Waals surface area contributed by atoms with Crippen molar-refractivity contribution in [3.8, 4) is 18.1 Å². The van der Waals surface area contributed by atoms with Crippen LogP contribution in [0.5, 0.6) is 5.75 Å². The topological polar surface area (TPSA) is 46.5 Å². The molecule has 1 aromatic carbocycles. The van der Waals surface area contributed by atoms with Crippen molar-refractivity contribution in [2.75, 3.05) is 6.61 Å². The molecule has 2 saturated carbocycles. The molecule has 0 bridgehead atoms. The van der Waals surface area contributed by atoms with Crippen molar-refractivity contribution in [1.82, 2.24) is 0 Å². The summed E-state index contributed by atoms with van der Waals surface area (Å²) in [7, 11) is 0. The summed E-state index contributed by atoms with van der Waals surface area (Å²) in [6, 6.07) is 6.25. The Kier molecular flexibility index (Phi) is 6.10. The average Bonchev–Trinajstić information content (AvgIpc) is 3.13. The molecule has 8 heteroatoms. The largest absolute Gasteiger partial charge is 0.484 e. The van der Waals surface area contributed by atoms with Gasteiger partial charge in [-0.1, -0.05) is 24.6 Å². The van der Waals surface area contributed by atoms with Gasteiger partial charge in [0.25, 0.3) is 0 Å². The van der Waals surface area contributed by atoms with Gasteiger partial charge in [-0.15, -0.1) is 6.42 Å². The van der Waals surface area contributed by atoms with Gasteiger partial charge >= 0.3 is 12.1 Å². The Morgan fingerprint density at radius 1 is 1.11 bits per heavy atom. The van der Waals surface area contributed by atoms with Gasteiger partial charge in [-0.3, -0.25) is 4.79 Å². The molecular weight excluding hydrogens is 491 g/mol. The number of ketones is 1. The van der Waals surface area contributed by atoms with E-state index < -0.39 is 29.7 Å². The summed E-state index contributed by atoms with van der Waals surface area (Å²) in [4.78, 5) is 12.1. The molecule has 5 atom stereocenters. The number of carbonyl (C=O) groups is 1. The van der Waals surface area contributed by atoms with E-state index in [4.69, 9.17) is 11.2 Å². The summed E-state index contributed by atoms with van der Waals surface area (Å²) in [5, 5.41) is 11.5. The molecule has 37 heavy (non-hydrogen) atoms. The minimum atomic E-state index is -4.47. The third-order valence-corrected chi connectivity index (χ3v) is 9.27. The van der Waals surface area contributed by atoms with Crippen LogP contribution >= 0.6 is 0 Å². The first-order valence-corrected chi connectivity index (χ1v) is 12.6. The number of hydrogen-bond donors (Lipinski definition) is 1. The fourth-order valence-electron chi connectivity index (χ4n) is 7.56. The highest BCUT2D eigenvalue weighted by atomic mass is 19.4. The fraction of sp³-hybridized carbons (Fsp3) is 0.552. The average molecular weight is 521 g/mol. The zero-order chi connectivity index (χ0) is 26.8. The SMILES string of the molecule is C#CC(F)(F)[C@]1(O)CC[C@H]2[C@@H]3CCC4=CC(=O)CCC4=C3[C@H](c3ccc(OCC(F)(F)F)cc3)C[C@@]21C. The van der Waals surface area contributed by atoms with Crippen LogP contribution in [0.25, 0.3) is 0 Å². The Morgan fingerprint density at radius 2 is 1.81 bits per heavy atom. The number of rotatable bonds is 4. The van der Waals surface area contributed by atoms with Crippen LogP contribution in [0.3, 0.4) is 0 Å². The standard InChI is InChI=1S/C29H29F5O3/c1-3-28(30,31)27(36)13-12-24-22-10-6-18-14-19(35)7-11-21(18)25(22)23(15-26(24,27)2)17-4-8-20(9-5-17)37-16-29(32,33)34/h1,4-5,8-9,14,22-24,36H,6-7,10-13,15-16H2,2H3/t22-,23-,24-,26-,27-/m0/s1. The van der Waals surface area contributed by atoms with Gasteiger partial charge in [0, 0.05) is 17.8 Å². The molecule has 1 N–H and O–H groups in total. The van der Waals surface area contributed by atoms with Gasteiger partial charge in [-0.05, 0) is 91.2 Å². The molecule has 2 fully saturated rings. The van der Waals surface area contributed by atoms with Crippen LogP contribution in [0.1, 0.15) is 63.4 Å². The normalized spacial score (nSPS) is 33.7. The van der Waals surface area contributed by atoms with E-state index in [9.17, 15) is 23.1 Å². The van der Waals surface area contributed by atoms with Gasteiger partial charge in [0.2, 0.25) is 0 Å². The molecule has 5 rings (SSSR count). The summed E-state index contributed by atoms with van der Waals surface area (Å²) < 4.78 is 72.8. The van der Waals surface area contributed by atoms with E-state index in [1.807, 2.05) is 0 Å². The van der Waals surface area contributed by atoms with E-state index in [1.165, 1.54) is 12.1 Å². The van der Waals surface area contributed by atoms with Crippen LogP contribution in [-0.2, 0) is 4.79 Å². The van der Waals surface area contributed by atoms with Crippen molar-refractivity contribution < 1.29 is 36.6 Å². The monoisotopic (exact) mass is 520 g/mol. The van der Waals surface area contributed by atoms with E-state index in [2.05, 4.69) is 0 Å². The number of hydrogen-bond acceptors (Lipinski definition) is 3. The molecule has 0 unspecified atom stereocenters. The molecule has 0 aliphatic heterocycles. The zero-order valence-corrected chi connectivity index (χ0v) is 20.5. The number of terminal acetylenes is 1. The minimum Gasteiger partial charge on any atom is -0.484 e. The molecule has 0 spiro atoms. The maximum atomic E-state index is 15.1. The molecule has 4 aliphatic rings. The van der Waals surface area contributed by atoms with Gasteiger partial charge in [0.15, 0.2) is 12.4 Å². The lowest BCUT2D eigenvalue weighted by Crippen LogP contribution is -2.59. The van der Waals surface area contributed by atoms with Crippen LogP contribution in [-0.4, -0.2) is 35.2 Å². The molecule has 1 aromatic rings. The first-order chi connectivity index (χ1) is 17.3. The van der Waals surface area contributed by atoms with Crippen molar-refractivity contribution in [1.29, 1.82) is 0 Å². The third-order valence-electron chi connectivity index (χ3n) is 9.27. The van der Waals surface area contributed by atoms with E-state index in [0.29, 0.717) is 32.1 Å². The minimum absolute atomic E-state index is 0.0545. The summed E-state index contributed by atoms with van der Waals surface area (Å²) in [5.74, 6) is -2.66. The van der Waals surface area contributed by atoms with Crippen molar-refractivity contribution in [2.24, 2.45) is 17.3 Å². The van der Waals surface area contributed by atoms with Crippen LogP contribution in [0.15, 0.2) is 47.1 Å². The number of fused-ring (bicyclic) bond motifs is 4. The lowest BCUT2D eigenvalue weighted by atomic mass is 9.50. The second-order valence-corrected chi connectivity index (χ2v) is 11.1. The zero-order valence-electron chi connectivity index (χ0n) is 20.5. The van der Waals surface area contributed by atoms with Crippen LogP contribution < -0.4 is 4.74 Å². The number of aliphatic hydroxyl groups is 1. The first kappa shape index (κ1) is 26.0. The van der Waals surface area contributed by atoms with Gasteiger partial charge in [0.1, 0.15) is 11.4 Å². The summed E-state index contributed by atoms with van der Waals surface area (Å²) in [6.07, 6.45) is 5.26. The highest BCUT2D eigenvalue weighted by Crippen LogP contribution is 2.69. The summed E-state index contributed by atoms with van der Waals surface area (Å²) in [6.45, 7) is 0.296. The highest BCUT2D eigenvalue weighted by molar-refractivity contribution is 5.93. The maximum Gasteiger partial charge on any atom is 0.422 e. The molecule has 0 amide bonds. The lowest BCUT2D eigenvalue weighted by molar-refractivity contribution is -0.209. The van der Waals surface area contributed by atoms with Gasteiger partial charge in [-0.2, -0.15) is 22.0 Å². The smallest absolute Gasteiger partial charge is 0.422 e. The van der Waals surface area contributed by atoms with Gasteiger partial charge < -0.3 is 9.84 Å². The Labute approximate surface area is 212 Å². The number of carbonyl (C=O) groups excluding carboxylic acids is 1. The number of halogens is 5. The van der Waals surface area contributed by atoms with E-state index in [1.54, 1.807) is 31.1 Å². The predicted molar refractivity (Wildman–Crippen MR) is 127 cm³/mol. The van der Waals surface area contributed by atoms with Gasteiger partial charge in [-0.25, -0.2) is 0 Å². The molecule has 198 valence electrons. The quantitative estimate of drug-likeness (QED) is 0.363. The Morgan fingerprint density at radius 3 is 2.46 bits per heavy atom. The molecule has 0 saturated heterocycles. The second kappa shape index (κ2) is 8.69. The first-order valence-electron chi connectivity index (χ1n) is 12.6. The fourth-order valence-corrected chi connectivity index (χ4v) is 7.56. The molecule has 0 aromatic heterocycles. The molecule has 4 aliphatic carbocycles. The number of benzene rings is 1. The Hall–Kier alpha value is -2.66. The van der Waals surface area contributed by atoms with Crippen LogP contribution in [0.2, 0.25) is 0 Å². The molecule has 3 nitrogen and oxygen atoms in total. The van der Waals surface area contributed by atoms with Crippen molar-refractivity contribution in [3.63, 3.8) is 0 Å². The molecular formula is C29H29F5O3. The Balaban J connectivity index is 1.60. The second-order valence-electron chi connectivity index (χ2n) is 11.1. The predicted octanol–water partition coefficient (Wildman–Crippen LogP) is 6.53. The van der Waals surface area contributed by atoms with Crippen LogP contribution in [0, 0.1) is 29.6 Å². The number of alkyl halides is 5. The van der Waals surface area contributed by atoms with Crippen molar-refractivity contribution in [2.45, 2.75) is 75.5 Å². The van der Waals surface area contributed by atoms with Crippen molar-refractivity contribution >= 4 is 5.78 Å². The van der Waals surface area contributed by atoms with E-state index >= 15 is 8.78 Å². The summed E-state index contributed by atoms with van der Waals surface area (Å²) >= 11 is 0. The molecule has 0 heterocycles. The van der Waals surface area contributed by atoms with Gasteiger partial charge in [0.05, 0.1) is 0 Å². The van der Waals surface area contributed by atoms with E-state index in [-0.39, 0.29) is 42.1 Å².